The van der Waals surface area contributed by atoms with E-state index in [0.717, 1.165) is 12.0 Å². The minimum Gasteiger partial charge on any atom is -0.462 e. The van der Waals surface area contributed by atoms with Crippen LogP contribution in [0.25, 0.3) is 0 Å². The van der Waals surface area contributed by atoms with Crippen LogP contribution in [0.15, 0.2) is 47.1 Å². The number of hydrogen-bond acceptors (Lipinski definition) is 16. The Morgan fingerprint density at radius 2 is 1.56 bits per heavy atom. The van der Waals surface area contributed by atoms with Crippen LogP contribution in [-0.4, -0.2) is 162 Å². The first-order chi connectivity index (χ1) is 30.3. The monoisotopic (exact) mass is 906 g/mol. The summed E-state index contributed by atoms with van der Waals surface area (Å²) in [5.41, 5.74) is -0.180. The third kappa shape index (κ3) is 9.62. The smallest absolute Gasteiger partial charge is 0.316 e. The van der Waals surface area contributed by atoms with E-state index in [2.05, 4.69) is 0 Å². The van der Waals surface area contributed by atoms with Crippen LogP contribution >= 0.6 is 0 Å². The van der Waals surface area contributed by atoms with Crippen LogP contribution < -0.4 is 0 Å². The summed E-state index contributed by atoms with van der Waals surface area (Å²) >= 11 is 0. The van der Waals surface area contributed by atoms with Crippen LogP contribution in [0.5, 0.6) is 0 Å². The highest BCUT2D eigenvalue weighted by atomic mass is 16.7. The average Bonchev–Trinajstić information content (AvgIpc) is 3.61. The molecule has 0 radical (unpaired) electrons. The van der Waals surface area contributed by atoms with Gasteiger partial charge >= 0.3 is 5.97 Å². The third-order valence-corrected chi connectivity index (χ3v) is 15.2. The Kier molecular flexibility index (Phi) is 15.7. The number of methoxy groups -OCH3 is 2. The van der Waals surface area contributed by atoms with Crippen LogP contribution in [0.1, 0.15) is 93.9 Å². The van der Waals surface area contributed by atoms with Gasteiger partial charge in [0.25, 0.3) is 0 Å². The summed E-state index contributed by atoms with van der Waals surface area (Å²) in [5.74, 6) is -4.27. The molecule has 6 aliphatic heterocycles. The third-order valence-electron chi connectivity index (χ3n) is 15.2. The maximum absolute atomic E-state index is 14.4. The first kappa shape index (κ1) is 49.8. The van der Waals surface area contributed by atoms with E-state index >= 15 is 0 Å². The predicted molar refractivity (Wildman–Crippen MR) is 230 cm³/mol. The number of esters is 1. The van der Waals surface area contributed by atoms with Crippen molar-refractivity contribution >= 4 is 5.97 Å². The number of fused-ring (bicyclic) bond motifs is 2. The maximum Gasteiger partial charge on any atom is 0.316 e. The van der Waals surface area contributed by atoms with Crippen molar-refractivity contribution in [3.8, 4) is 0 Å². The molecular weight excluding hydrogens is 833 g/mol. The Labute approximate surface area is 377 Å². The minimum atomic E-state index is -1.92. The van der Waals surface area contributed by atoms with Crippen molar-refractivity contribution in [1.29, 1.82) is 0 Å². The van der Waals surface area contributed by atoms with Crippen LogP contribution in [0.4, 0.5) is 0 Å². The molecule has 7 rings (SSSR count). The molecule has 0 aromatic heterocycles. The minimum absolute atomic E-state index is 0.0188. The van der Waals surface area contributed by atoms with Crippen molar-refractivity contribution in [2.24, 2.45) is 23.7 Å². The molecule has 362 valence electrons. The zero-order valence-electron chi connectivity index (χ0n) is 39.1. The summed E-state index contributed by atoms with van der Waals surface area (Å²) < 4.78 is 63.2. The maximum atomic E-state index is 14.4. The number of carbonyl (C=O) groups is 1. The van der Waals surface area contributed by atoms with Gasteiger partial charge in [0.15, 0.2) is 12.6 Å². The molecule has 1 aliphatic carbocycles. The van der Waals surface area contributed by atoms with Crippen molar-refractivity contribution in [1.82, 2.24) is 0 Å². The van der Waals surface area contributed by atoms with E-state index < -0.39 is 127 Å². The number of aliphatic hydroxyl groups excluding tert-OH is 4. The van der Waals surface area contributed by atoms with Gasteiger partial charge in [-0.15, -0.1) is 0 Å². The highest BCUT2D eigenvalue weighted by molar-refractivity contribution is 5.78. The number of rotatable bonds is 8. The van der Waals surface area contributed by atoms with Crippen LogP contribution in [-0.2, 0) is 52.2 Å². The van der Waals surface area contributed by atoms with Crippen molar-refractivity contribution in [3.05, 3.63) is 47.1 Å². The van der Waals surface area contributed by atoms with Gasteiger partial charge in [-0.1, -0.05) is 64.5 Å². The van der Waals surface area contributed by atoms with Gasteiger partial charge in [-0.25, -0.2) is 0 Å². The van der Waals surface area contributed by atoms with E-state index in [-0.39, 0.29) is 31.3 Å². The van der Waals surface area contributed by atoms with Gasteiger partial charge in [-0.05, 0) is 56.8 Å². The van der Waals surface area contributed by atoms with E-state index in [0.29, 0.717) is 30.4 Å². The fraction of sp³-hybridized carbons (Fsp3) is 0.812. The van der Waals surface area contributed by atoms with Crippen molar-refractivity contribution in [2.75, 3.05) is 20.8 Å². The Morgan fingerprint density at radius 3 is 2.27 bits per heavy atom. The molecule has 7 aliphatic rings. The Hall–Kier alpha value is -2.13. The second-order valence-electron chi connectivity index (χ2n) is 19.5. The number of ether oxygens (including phenoxy) is 10. The molecule has 22 unspecified atom stereocenters. The van der Waals surface area contributed by atoms with E-state index in [1.807, 2.05) is 59.8 Å². The average molecular weight is 907 g/mol. The van der Waals surface area contributed by atoms with Crippen molar-refractivity contribution in [3.63, 3.8) is 0 Å². The van der Waals surface area contributed by atoms with E-state index in [4.69, 9.17) is 47.4 Å². The first-order valence-electron chi connectivity index (χ1n) is 23.4. The molecule has 16 nitrogen and oxygen atoms in total. The molecule has 16 heteroatoms. The van der Waals surface area contributed by atoms with Gasteiger partial charge in [0, 0.05) is 51.7 Å². The lowest BCUT2D eigenvalue weighted by Gasteiger charge is -2.54. The predicted octanol–water partition coefficient (Wildman–Crippen LogP) is 3.54. The Bertz CT molecular complexity index is 1750. The van der Waals surface area contributed by atoms with E-state index in [1.165, 1.54) is 0 Å². The van der Waals surface area contributed by atoms with Gasteiger partial charge < -0.3 is 72.9 Å². The largest absolute Gasteiger partial charge is 0.462 e. The number of aliphatic hydroxyl groups is 5. The standard InChI is InChI=1S/C48H74O16/c1-11-23(2)42-27(6)39(50)44(52)47(64-42)21-32-18-31(63-47)16-15-25(4)41(24(3)13-12-14-30-22-57-45-38(49)26(5)17-33(46(53)60-32)48(30,45)54)61-37-20-35(56-10)43(29(8)59-37)62-36-19-34(55-9)40(51)28(7)58-36/h12-15,17,23-24,27-29,31-45,49-52,54H,11,16,18-22H2,1-10H3. The van der Waals surface area contributed by atoms with E-state index in [9.17, 15) is 30.3 Å². The topological polar surface area (TPSA) is 211 Å². The first-order valence-corrected chi connectivity index (χ1v) is 23.4. The molecule has 0 aromatic carbocycles. The highest BCUT2D eigenvalue weighted by Crippen LogP contribution is 2.48. The summed E-state index contributed by atoms with van der Waals surface area (Å²) in [5, 5.41) is 57.6. The normalized spacial score (nSPS) is 48.5. The molecule has 5 N–H and O–H groups in total. The van der Waals surface area contributed by atoms with Crippen LogP contribution in [0.2, 0.25) is 0 Å². The van der Waals surface area contributed by atoms with Crippen LogP contribution in [0.3, 0.4) is 0 Å². The molecule has 1 spiro atoms. The molecule has 6 heterocycles. The molecule has 22 atom stereocenters. The summed E-state index contributed by atoms with van der Waals surface area (Å²) in [7, 11) is 3.18. The Morgan fingerprint density at radius 1 is 0.875 bits per heavy atom. The Balaban J connectivity index is 1.20. The second-order valence-corrected chi connectivity index (χ2v) is 19.5. The zero-order valence-corrected chi connectivity index (χ0v) is 39.1. The fourth-order valence-electron chi connectivity index (χ4n) is 11.0. The van der Waals surface area contributed by atoms with E-state index in [1.54, 1.807) is 40.2 Å². The van der Waals surface area contributed by atoms with Gasteiger partial charge in [-0.2, -0.15) is 0 Å². The molecule has 2 bridgehead atoms. The zero-order chi connectivity index (χ0) is 46.4. The van der Waals surface area contributed by atoms with Gasteiger partial charge in [-0.3, -0.25) is 4.79 Å². The number of allylic oxidation sites excluding steroid dienone is 2. The molecule has 0 aromatic rings. The summed E-state index contributed by atoms with van der Waals surface area (Å²) in [6.07, 6.45) is -0.818. The summed E-state index contributed by atoms with van der Waals surface area (Å²) in [6.45, 7) is 15.3. The summed E-state index contributed by atoms with van der Waals surface area (Å²) in [4.78, 5) is 14.4. The van der Waals surface area contributed by atoms with Gasteiger partial charge in [0.1, 0.15) is 48.1 Å². The van der Waals surface area contributed by atoms with Gasteiger partial charge in [0.05, 0.1) is 55.4 Å². The van der Waals surface area contributed by atoms with Gasteiger partial charge in [0.2, 0.25) is 5.79 Å². The number of hydrogen-bond donors (Lipinski definition) is 5. The quantitative estimate of drug-likeness (QED) is 0.174. The van der Waals surface area contributed by atoms with Crippen molar-refractivity contribution in [2.45, 2.75) is 203 Å². The molecular formula is C48H74O16. The highest BCUT2D eigenvalue weighted by Gasteiger charge is 2.61. The SMILES string of the molecule is CCC(C)C1OC2(CC3CC(CC=C(C)C(OC4CC(OC)C(OC5CC(OC)C(O)C(C)O5)C(C)O4)C(C)C=CC=C4COC5C(O)C(C)=CC(C(=O)O3)C45O)O2)C(O)C(O)C1C. The molecule has 5 fully saturated rings. The molecule has 64 heavy (non-hydrogen) atoms. The number of carbonyl (C=O) groups excluding carboxylic acids is 1. The molecule has 5 saturated heterocycles. The second kappa shape index (κ2) is 20.2. The summed E-state index contributed by atoms with van der Waals surface area (Å²) in [6, 6.07) is 0. The lowest BCUT2D eigenvalue weighted by molar-refractivity contribution is -0.390. The fourth-order valence-corrected chi connectivity index (χ4v) is 11.0. The molecule has 0 amide bonds. The molecule has 0 saturated carbocycles. The lowest BCUT2D eigenvalue weighted by Crippen LogP contribution is -2.67. The van der Waals surface area contributed by atoms with Crippen LogP contribution in [0, 0.1) is 23.7 Å². The van der Waals surface area contributed by atoms with Crippen molar-refractivity contribution < 1.29 is 77.7 Å². The lowest BCUT2D eigenvalue weighted by atomic mass is 9.71.